The van der Waals surface area contributed by atoms with Crippen molar-refractivity contribution in [1.82, 2.24) is 15.1 Å². The molecular weight excluding hydrogens is 296 g/mol. The van der Waals surface area contributed by atoms with Gasteiger partial charge in [0.15, 0.2) is 0 Å². The predicted molar refractivity (Wildman–Crippen MR) is 83.6 cm³/mol. The van der Waals surface area contributed by atoms with Crippen molar-refractivity contribution in [2.24, 2.45) is 0 Å². The highest BCUT2D eigenvalue weighted by Gasteiger charge is 2.51. The first kappa shape index (κ1) is 15.2. The SMILES string of the molecule is O=C(NCCn1cccn1)[C@@]1(O)CCN(c2ccccc2)C1=O. The average molecular weight is 314 g/mol. The van der Waals surface area contributed by atoms with Gasteiger partial charge in [0.1, 0.15) is 0 Å². The molecule has 1 fully saturated rings. The normalized spacial score (nSPS) is 20.7. The molecule has 120 valence electrons. The standard InChI is InChI=1S/C16H18N4O3/c21-14(17-9-12-19-10-4-8-18-19)16(23)7-11-20(15(16)22)13-5-2-1-3-6-13/h1-6,8,10,23H,7,9,11-12H2,(H,17,21)/t16-/m0/s1. The summed E-state index contributed by atoms with van der Waals surface area (Å²) in [6.45, 7) is 1.08. The summed E-state index contributed by atoms with van der Waals surface area (Å²) in [5.41, 5.74) is -1.32. The minimum absolute atomic E-state index is 0.0777. The zero-order valence-corrected chi connectivity index (χ0v) is 12.6. The number of nitrogens with one attached hydrogen (secondary N) is 1. The molecule has 0 bridgehead atoms. The zero-order chi connectivity index (χ0) is 16.3. The van der Waals surface area contributed by atoms with Crippen LogP contribution in [0, 0.1) is 0 Å². The second-order valence-electron chi connectivity index (χ2n) is 5.43. The molecule has 1 aliphatic rings. The van der Waals surface area contributed by atoms with E-state index in [1.807, 2.05) is 18.2 Å². The van der Waals surface area contributed by atoms with Crippen LogP contribution in [0.5, 0.6) is 0 Å². The van der Waals surface area contributed by atoms with E-state index in [4.69, 9.17) is 0 Å². The van der Waals surface area contributed by atoms with Gasteiger partial charge in [-0.2, -0.15) is 5.10 Å². The molecule has 23 heavy (non-hydrogen) atoms. The van der Waals surface area contributed by atoms with Gasteiger partial charge in [0, 0.05) is 37.6 Å². The van der Waals surface area contributed by atoms with Gasteiger partial charge >= 0.3 is 0 Å². The summed E-state index contributed by atoms with van der Waals surface area (Å²) in [6.07, 6.45) is 3.50. The zero-order valence-electron chi connectivity index (χ0n) is 12.6. The molecule has 2 heterocycles. The first-order chi connectivity index (χ1) is 11.1. The summed E-state index contributed by atoms with van der Waals surface area (Å²) < 4.78 is 1.66. The number of para-hydroxylation sites is 1. The van der Waals surface area contributed by atoms with Crippen molar-refractivity contribution in [3.63, 3.8) is 0 Å². The van der Waals surface area contributed by atoms with Crippen LogP contribution in [0.25, 0.3) is 0 Å². The van der Waals surface area contributed by atoms with E-state index in [2.05, 4.69) is 10.4 Å². The Balaban J connectivity index is 1.62. The fourth-order valence-corrected chi connectivity index (χ4v) is 2.63. The lowest BCUT2D eigenvalue weighted by Crippen LogP contribution is -2.53. The molecule has 1 aromatic carbocycles. The number of anilines is 1. The molecule has 0 aliphatic carbocycles. The minimum Gasteiger partial charge on any atom is -0.372 e. The van der Waals surface area contributed by atoms with Crippen LogP contribution in [-0.4, -0.2) is 45.4 Å². The van der Waals surface area contributed by atoms with E-state index in [1.165, 1.54) is 4.90 Å². The van der Waals surface area contributed by atoms with Crippen molar-refractivity contribution in [2.45, 2.75) is 18.6 Å². The second-order valence-corrected chi connectivity index (χ2v) is 5.43. The van der Waals surface area contributed by atoms with E-state index < -0.39 is 17.4 Å². The Labute approximate surface area is 133 Å². The van der Waals surface area contributed by atoms with Crippen molar-refractivity contribution >= 4 is 17.5 Å². The van der Waals surface area contributed by atoms with Crippen LogP contribution in [0.15, 0.2) is 48.8 Å². The monoisotopic (exact) mass is 314 g/mol. The van der Waals surface area contributed by atoms with Gasteiger partial charge in [-0.25, -0.2) is 0 Å². The summed E-state index contributed by atoms with van der Waals surface area (Å²) in [6, 6.07) is 10.8. The third-order valence-corrected chi connectivity index (χ3v) is 3.93. The Bertz CT molecular complexity index is 687. The van der Waals surface area contributed by atoms with Crippen LogP contribution < -0.4 is 10.2 Å². The largest absolute Gasteiger partial charge is 0.372 e. The molecule has 1 atom stereocenters. The van der Waals surface area contributed by atoms with Gasteiger partial charge in [0.2, 0.25) is 5.60 Å². The molecular formula is C16H18N4O3. The molecule has 0 radical (unpaired) electrons. The van der Waals surface area contributed by atoms with Crippen LogP contribution in [-0.2, 0) is 16.1 Å². The molecule has 0 saturated carbocycles. The fraction of sp³-hybridized carbons (Fsp3) is 0.312. The maximum atomic E-state index is 12.5. The first-order valence-corrected chi connectivity index (χ1v) is 7.46. The molecule has 0 spiro atoms. The maximum Gasteiger partial charge on any atom is 0.268 e. The van der Waals surface area contributed by atoms with Gasteiger partial charge in [-0.05, 0) is 18.2 Å². The third kappa shape index (κ3) is 2.95. The van der Waals surface area contributed by atoms with E-state index in [1.54, 1.807) is 35.3 Å². The van der Waals surface area contributed by atoms with E-state index >= 15 is 0 Å². The van der Waals surface area contributed by atoms with Crippen molar-refractivity contribution in [3.05, 3.63) is 48.8 Å². The number of carbonyl (C=O) groups excluding carboxylic acids is 2. The molecule has 2 N–H and O–H groups in total. The molecule has 1 aromatic heterocycles. The quantitative estimate of drug-likeness (QED) is 0.770. The Morgan fingerprint density at radius 1 is 1.30 bits per heavy atom. The van der Waals surface area contributed by atoms with Crippen LogP contribution >= 0.6 is 0 Å². The highest BCUT2D eigenvalue weighted by Crippen LogP contribution is 2.28. The second kappa shape index (κ2) is 6.21. The molecule has 7 heteroatoms. The number of hydrogen-bond donors (Lipinski definition) is 2. The Hall–Kier alpha value is -2.67. The maximum absolute atomic E-state index is 12.5. The Morgan fingerprint density at radius 2 is 2.09 bits per heavy atom. The number of aromatic nitrogens is 2. The average Bonchev–Trinajstić information content (AvgIpc) is 3.18. The lowest BCUT2D eigenvalue weighted by Gasteiger charge is -2.21. The molecule has 3 rings (SSSR count). The Kier molecular flexibility index (Phi) is 4.12. The topological polar surface area (TPSA) is 87.5 Å². The van der Waals surface area contributed by atoms with Crippen molar-refractivity contribution in [1.29, 1.82) is 0 Å². The number of hydrogen-bond acceptors (Lipinski definition) is 4. The van der Waals surface area contributed by atoms with Crippen LogP contribution in [0.4, 0.5) is 5.69 Å². The van der Waals surface area contributed by atoms with Gasteiger partial charge in [-0.3, -0.25) is 14.3 Å². The summed E-state index contributed by atoms with van der Waals surface area (Å²) in [5.74, 6) is -1.24. The molecule has 7 nitrogen and oxygen atoms in total. The summed E-state index contributed by atoms with van der Waals surface area (Å²) in [7, 11) is 0. The van der Waals surface area contributed by atoms with E-state index in [0.29, 0.717) is 25.3 Å². The lowest BCUT2D eigenvalue weighted by atomic mass is 10.0. The molecule has 0 unspecified atom stereocenters. The van der Waals surface area contributed by atoms with Crippen LogP contribution in [0.3, 0.4) is 0 Å². The van der Waals surface area contributed by atoms with Gasteiger partial charge in [0.05, 0.1) is 6.54 Å². The van der Waals surface area contributed by atoms with Crippen LogP contribution in [0.1, 0.15) is 6.42 Å². The number of rotatable bonds is 5. The van der Waals surface area contributed by atoms with Crippen molar-refractivity contribution in [2.75, 3.05) is 18.0 Å². The Morgan fingerprint density at radius 3 is 2.78 bits per heavy atom. The predicted octanol–water partition coefficient (Wildman–Crippen LogP) is 0.167. The van der Waals surface area contributed by atoms with Gasteiger partial charge in [-0.1, -0.05) is 18.2 Å². The lowest BCUT2D eigenvalue weighted by molar-refractivity contribution is -0.149. The fourth-order valence-electron chi connectivity index (χ4n) is 2.63. The highest BCUT2D eigenvalue weighted by atomic mass is 16.3. The number of amides is 2. The van der Waals surface area contributed by atoms with E-state index in [0.717, 1.165) is 0 Å². The summed E-state index contributed by atoms with van der Waals surface area (Å²) in [4.78, 5) is 26.1. The number of aliphatic hydroxyl groups is 1. The summed E-state index contributed by atoms with van der Waals surface area (Å²) in [5, 5.41) is 17.1. The smallest absolute Gasteiger partial charge is 0.268 e. The van der Waals surface area contributed by atoms with E-state index in [-0.39, 0.29) is 6.42 Å². The minimum atomic E-state index is -2.00. The summed E-state index contributed by atoms with van der Waals surface area (Å²) >= 11 is 0. The number of nitrogens with zero attached hydrogens (tertiary/aromatic N) is 3. The third-order valence-electron chi connectivity index (χ3n) is 3.93. The molecule has 2 aromatic rings. The number of carbonyl (C=O) groups is 2. The van der Waals surface area contributed by atoms with Gasteiger partial charge in [-0.15, -0.1) is 0 Å². The van der Waals surface area contributed by atoms with E-state index in [9.17, 15) is 14.7 Å². The molecule has 2 amide bonds. The van der Waals surface area contributed by atoms with Crippen molar-refractivity contribution in [3.8, 4) is 0 Å². The van der Waals surface area contributed by atoms with Gasteiger partial charge < -0.3 is 15.3 Å². The van der Waals surface area contributed by atoms with Crippen molar-refractivity contribution < 1.29 is 14.7 Å². The van der Waals surface area contributed by atoms with Gasteiger partial charge in [0.25, 0.3) is 11.8 Å². The van der Waals surface area contributed by atoms with Crippen LogP contribution in [0.2, 0.25) is 0 Å². The first-order valence-electron chi connectivity index (χ1n) is 7.46. The molecule has 1 aliphatic heterocycles. The highest BCUT2D eigenvalue weighted by molar-refractivity contribution is 6.16. The molecule has 1 saturated heterocycles. The number of benzene rings is 1.